The number of hydrogen-bond donors (Lipinski definition) is 3. The molecule has 116 valence electrons. The van der Waals surface area contributed by atoms with Crippen molar-refractivity contribution in [3.8, 4) is 17.0 Å². The predicted octanol–water partition coefficient (Wildman–Crippen LogP) is 1.23. The number of nitrogens with zero attached hydrogens (tertiary/aromatic N) is 2. The maximum atomic E-state index is 12.1. The third-order valence-electron chi connectivity index (χ3n) is 2.67. The van der Waals surface area contributed by atoms with E-state index in [-0.39, 0.29) is 28.3 Å². The number of nitrogens with one attached hydrogen (secondary N) is 1. The molecule has 1 amide bonds. The van der Waals surface area contributed by atoms with Crippen LogP contribution < -0.4 is 5.73 Å². The number of nitrogens with two attached hydrogens (primary N) is 1. The molecule has 0 aliphatic rings. The molecule has 0 radical (unpaired) electrons. The highest BCUT2D eigenvalue weighted by molar-refractivity contribution is 5.98. The molecular weight excluding hydrogens is 288 g/mol. The normalized spacial score (nSPS) is 11.2. The van der Waals surface area contributed by atoms with Crippen LogP contribution in [-0.4, -0.2) is 38.0 Å². The van der Waals surface area contributed by atoms with Crippen LogP contribution in [0.3, 0.4) is 0 Å². The molecule has 1 aromatic carbocycles. The van der Waals surface area contributed by atoms with Gasteiger partial charge in [-0.05, 0) is 39.0 Å². The first kappa shape index (κ1) is 15.5. The van der Waals surface area contributed by atoms with Gasteiger partial charge in [0.15, 0.2) is 5.69 Å². The Bertz CT molecular complexity index is 731. The van der Waals surface area contributed by atoms with Crippen LogP contribution in [0, 0.1) is 0 Å². The number of ether oxygens (including phenoxy) is 1. The largest absolute Gasteiger partial charge is 0.507 e. The molecule has 8 nitrogen and oxygen atoms in total. The summed E-state index contributed by atoms with van der Waals surface area (Å²) in [5.41, 5.74) is 4.85. The molecule has 0 spiro atoms. The van der Waals surface area contributed by atoms with Gasteiger partial charge >= 0.3 is 5.97 Å². The fourth-order valence-electron chi connectivity index (χ4n) is 1.78. The summed E-state index contributed by atoms with van der Waals surface area (Å²) in [4.78, 5) is 23.4. The zero-order valence-corrected chi connectivity index (χ0v) is 12.4. The Morgan fingerprint density at radius 2 is 1.95 bits per heavy atom. The number of carbonyl (C=O) groups excluding carboxylic acids is 2. The van der Waals surface area contributed by atoms with Crippen molar-refractivity contribution in [2.24, 2.45) is 5.73 Å². The van der Waals surface area contributed by atoms with Crippen molar-refractivity contribution in [2.45, 2.75) is 26.4 Å². The number of amides is 1. The van der Waals surface area contributed by atoms with Gasteiger partial charge in [-0.1, -0.05) is 0 Å². The zero-order valence-electron chi connectivity index (χ0n) is 12.4. The molecule has 0 aliphatic carbocycles. The maximum absolute atomic E-state index is 12.1. The summed E-state index contributed by atoms with van der Waals surface area (Å²) in [7, 11) is 0. The van der Waals surface area contributed by atoms with Gasteiger partial charge in [0.05, 0.1) is 5.56 Å². The Balaban J connectivity index is 2.45. The van der Waals surface area contributed by atoms with Gasteiger partial charge in [0.25, 0.3) is 5.91 Å². The first-order chi connectivity index (χ1) is 10.2. The van der Waals surface area contributed by atoms with E-state index in [1.807, 2.05) is 0 Å². The standard InChI is InChI=1S/C14H16N4O4/c1-14(2,3)22-13(21)7-4-5-9(19)8(6-7)10-11(12(15)20)17-18-16-10/h4-6,19H,1-3H3,(H2,15,20)(H,16,17,18). The van der Waals surface area contributed by atoms with Gasteiger partial charge in [0.1, 0.15) is 17.0 Å². The van der Waals surface area contributed by atoms with Crippen molar-refractivity contribution in [3.05, 3.63) is 29.5 Å². The minimum atomic E-state index is -0.800. The van der Waals surface area contributed by atoms with Crippen LogP contribution >= 0.6 is 0 Å². The molecule has 2 rings (SSSR count). The number of hydrogen-bond acceptors (Lipinski definition) is 6. The summed E-state index contributed by atoms with van der Waals surface area (Å²) < 4.78 is 5.26. The van der Waals surface area contributed by atoms with E-state index in [1.54, 1.807) is 20.8 Å². The van der Waals surface area contributed by atoms with Crippen molar-refractivity contribution in [1.82, 2.24) is 15.4 Å². The van der Waals surface area contributed by atoms with Crippen LogP contribution in [0.15, 0.2) is 18.2 Å². The molecule has 0 atom stereocenters. The van der Waals surface area contributed by atoms with Gasteiger partial charge in [0, 0.05) is 5.56 Å². The number of primary amides is 1. The monoisotopic (exact) mass is 304 g/mol. The number of phenolic OH excluding ortho intramolecular Hbond substituents is 1. The highest BCUT2D eigenvalue weighted by atomic mass is 16.6. The van der Waals surface area contributed by atoms with Gasteiger partial charge in [-0.15, -0.1) is 0 Å². The lowest BCUT2D eigenvalue weighted by atomic mass is 10.0. The maximum Gasteiger partial charge on any atom is 0.338 e. The molecule has 0 bridgehead atoms. The van der Waals surface area contributed by atoms with E-state index in [4.69, 9.17) is 10.5 Å². The predicted molar refractivity (Wildman–Crippen MR) is 77.2 cm³/mol. The zero-order chi connectivity index (χ0) is 16.5. The number of carbonyl (C=O) groups is 2. The van der Waals surface area contributed by atoms with Crippen molar-refractivity contribution in [2.75, 3.05) is 0 Å². The van der Waals surface area contributed by atoms with Crippen LogP contribution in [0.4, 0.5) is 0 Å². The summed E-state index contributed by atoms with van der Waals surface area (Å²) in [5, 5.41) is 19.6. The minimum absolute atomic E-state index is 0.0652. The average Bonchev–Trinajstić information content (AvgIpc) is 2.86. The van der Waals surface area contributed by atoms with E-state index < -0.39 is 17.5 Å². The number of benzene rings is 1. The van der Waals surface area contributed by atoms with Gasteiger partial charge in [-0.2, -0.15) is 15.4 Å². The summed E-state index contributed by atoms with van der Waals surface area (Å²) in [6.07, 6.45) is 0. The second kappa shape index (κ2) is 5.47. The highest BCUT2D eigenvalue weighted by Crippen LogP contribution is 2.30. The quantitative estimate of drug-likeness (QED) is 0.731. The van der Waals surface area contributed by atoms with Crippen molar-refractivity contribution in [1.29, 1.82) is 0 Å². The first-order valence-corrected chi connectivity index (χ1v) is 6.46. The van der Waals surface area contributed by atoms with Gasteiger partial charge in [-0.3, -0.25) is 4.79 Å². The summed E-state index contributed by atoms with van der Waals surface area (Å²) in [6, 6.07) is 4.10. The van der Waals surface area contributed by atoms with E-state index in [9.17, 15) is 14.7 Å². The number of aromatic hydroxyl groups is 1. The molecule has 0 saturated carbocycles. The molecule has 0 aliphatic heterocycles. The number of phenols is 1. The molecule has 0 saturated heterocycles. The van der Waals surface area contributed by atoms with E-state index in [1.165, 1.54) is 18.2 Å². The molecule has 22 heavy (non-hydrogen) atoms. The SMILES string of the molecule is CC(C)(C)OC(=O)c1ccc(O)c(-c2n[nH]nc2C(N)=O)c1. The Kier molecular flexibility index (Phi) is 3.85. The molecule has 4 N–H and O–H groups in total. The topological polar surface area (TPSA) is 131 Å². The van der Waals surface area contributed by atoms with Gasteiger partial charge in [0.2, 0.25) is 0 Å². The first-order valence-electron chi connectivity index (χ1n) is 6.46. The molecule has 8 heteroatoms. The number of aromatic amines is 1. The number of H-pyrrole nitrogens is 1. The lowest BCUT2D eigenvalue weighted by Gasteiger charge is -2.19. The molecule has 1 heterocycles. The highest BCUT2D eigenvalue weighted by Gasteiger charge is 2.22. The van der Waals surface area contributed by atoms with Crippen LogP contribution in [-0.2, 0) is 4.74 Å². The van der Waals surface area contributed by atoms with Gasteiger partial charge in [-0.25, -0.2) is 4.79 Å². The van der Waals surface area contributed by atoms with Crippen LogP contribution in [0.25, 0.3) is 11.3 Å². The Labute approximate surface area is 126 Å². The molecule has 2 aromatic rings. The Morgan fingerprint density at radius 3 is 2.55 bits per heavy atom. The van der Waals surface area contributed by atoms with Gasteiger partial charge < -0.3 is 15.6 Å². The smallest absolute Gasteiger partial charge is 0.338 e. The third kappa shape index (κ3) is 3.22. The number of rotatable bonds is 3. The van der Waals surface area contributed by atoms with Crippen LogP contribution in [0.1, 0.15) is 41.6 Å². The fourth-order valence-corrected chi connectivity index (χ4v) is 1.78. The lowest BCUT2D eigenvalue weighted by Crippen LogP contribution is -2.23. The minimum Gasteiger partial charge on any atom is -0.507 e. The van der Waals surface area contributed by atoms with E-state index in [0.29, 0.717) is 0 Å². The fraction of sp³-hybridized carbons (Fsp3) is 0.286. The van der Waals surface area contributed by atoms with Crippen molar-refractivity contribution in [3.63, 3.8) is 0 Å². The second-order valence-corrected chi connectivity index (χ2v) is 5.62. The molecule has 0 unspecified atom stereocenters. The van der Waals surface area contributed by atoms with E-state index >= 15 is 0 Å². The number of aromatic nitrogens is 3. The third-order valence-corrected chi connectivity index (χ3v) is 2.67. The second-order valence-electron chi connectivity index (χ2n) is 5.62. The summed E-state index contributed by atoms with van der Waals surface area (Å²) in [5.74, 6) is -1.52. The number of esters is 1. The van der Waals surface area contributed by atoms with E-state index in [2.05, 4.69) is 15.4 Å². The summed E-state index contributed by atoms with van der Waals surface area (Å²) in [6.45, 7) is 5.24. The van der Waals surface area contributed by atoms with Crippen LogP contribution in [0.2, 0.25) is 0 Å². The van der Waals surface area contributed by atoms with Crippen molar-refractivity contribution < 1.29 is 19.4 Å². The van der Waals surface area contributed by atoms with Crippen LogP contribution in [0.5, 0.6) is 5.75 Å². The Hall–Kier alpha value is -2.90. The van der Waals surface area contributed by atoms with Crippen molar-refractivity contribution >= 4 is 11.9 Å². The average molecular weight is 304 g/mol. The molecule has 1 aromatic heterocycles. The Morgan fingerprint density at radius 1 is 1.27 bits per heavy atom. The molecular formula is C14H16N4O4. The lowest BCUT2D eigenvalue weighted by molar-refractivity contribution is 0.00695. The van der Waals surface area contributed by atoms with E-state index in [0.717, 1.165) is 0 Å². The summed E-state index contributed by atoms with van der Waals surface area (Å²) >= 11 is 0. The molecule has 0 fully saturated rings.